The van der Waals surface area contributed by atoms with Gasteiger partial charge < -0.3 is 5.32 Å². The first-order valence-electron chi connectivity index (χ1n) is 7.15. The topological polar surface area (TPSA) is 72.2 Å². The fourth-order valence-corrected chi connectivity index (χ4v) is 2.33. The molecule has 3 aromatic heterocycles. The fourth-order valence-electron chi connectivity index (χ4n) is 2.33. The van der Waals surface area contributed by atoms with Crippen molar-refractivity contribution >= 4 is 11.6 Å². The Balaban J connectivity index is 1.71. The standard InChI is InChI=1S/C16H17N5O/c1-11-9-15-19-10-14(12(2)21(15)20-11)16(22)18-8-6-13-5-3-4-7-17-13/h3-5,7,9-10H,6,8H2,1-2H3,(H,18,22). The van der Waals surface area contributed by atoms with Crippen molar-refractivity contribution in [1.29, 1.82) is 0 Å². The quantitative estimate of drug-likeness (QED) is 0.795. The molecule has 3 rings (SSSR count). The molecule has 0 saturated carbocycles. The molecule has 0 aliphatic carbocycles. The van der Waals surface area contributed by atoms with Crippen LogP contribution < -0.4 is 5.32 Å². The molecule has 3 aromatic rings. The number of amides is 1. The number of nitrogens with zero attached hydrogens (tertiary/aromatic N) is 4. The second-order valence-corrected chi connectivity index (χ2v) is 5.14. The Hall–Kier alpha value is -2.76. The van der Waals surface area contributed by atoms with Gasteiger partial charge in [0.15, 0.2) is 5.65 Å². The molecular formula is C16H17N5O. The van der Waals surface area contributed by atoms with Crippen molar-refractivity contribution in [3.63, 3.8) is 0 Å². The summed E-state index contributed by atoms with van der Waals surface area (Å²) in [5, 5.41) is 7.25. The predicted molar refractivity (Wildman–Crippen MR) is 82.7 cm³/mol. The zero-order chi connectivity index (χ0) is 15.5. The Bertz CT molecular complexity index is 810. The van der Waals surface area contributed by atoms with Crippen LogP contribution in [0.1, 0.15) is 27.4 Å². The molecule has 1 amide bonds. The molecule has 0 spiro atoms. The first kappa shape index (κ1) is 14.2. The van der Waals surface area contributed by atoms with Crippen LogP contribution in [0.2, 0.25) is 0 Å². The third-order valence-corrected chi connectivity index (χ3v) is 3.48. The maximum absolute atomic E-state index is 12.3. The number of carbonyl (C=O) groups excluding carboxylic acids is 1. The minimum Gasteiger partial charge on any atom is -0.352 e. The van der Waals surface area contributed by atoms with Crippen LogP contribution in [0, 0.1) is 13.8 Å². The van der Waals surface area contributed by atoms with Crippen LogP contribution in [0.15, 0.2) is 36.7 Å². The summed E-state index contributed by atoms with van der Waals surface area (Å²) in [7, 11) is 0. The van der Waals surface area contributed by atoms with Gasteiger partial charge in [0.25, 0.3) is 5.91 Å². The van der Waals surface area contributed by atoms with Crippen LogP contribution in [0.3, 0.4) is 0 Å². The number of nitrogens with one attached hydrogen (secondary N) is 1. The van der Waals surface area contributed by atoms with Crippen LogP contribution in [0.4, 0.5) is 0 Å². The lowest BCUT2D eigenvalue weighted by Crippen LogP contribution is -2.27. The summed E-state index contributed by atoms with van der Waals surface area (Å²) in [4.78, 5) is 20.8. The lowest BCUT2D eigenvalue weighted by molar-refractivity contribution is 0.0952. The summed E-state index contributed by atoms with van der Waals surface area (Å²) < 4.78 is 1.70. The normalized spacial score (nSPS) is 10.8. The molecule has 0 aliphatic rings. The molecule has 1 N–H and O–H groups in total. The average molecular weight is 295 g/mol. The third-order valence-electron chi connectivity index (χ3n) is 3.48. The molecule has 0 unspecified atom stereocenters. The predicted octanol–water partition coefficient (Wildman–Crippen LogP) is 1.71. The number of hydrogen-bond acceptors (Lipinski definition) is 4. The maximum Gasteiger partial charge on any atom is 0.254 e. The van der Waals surface area contributed by atoms with Gasteiger partial charge in [-0.15, -0.1) is 0 Å². The summed E-state index contributed by atoms with van der Waals surface area (Å²) in [5.74, 6) is -0.143. The Kier molecular flexibility index (Phi) is 3.82. The van der Waals surface area contributed by atoms with Gasteiger partial charge >= 0.3 is 0 Å². The molecule has 0 radical (unpaired) electrons. The van der Waals surface area contributed by atoms with E-state index >= 15 is 0 Å². The van der Waals surface area contributed by atoms with Crippen molar-refractivity contribution in [3.8, 4) is 0 Å². The van der Waals surface area contributed by atoms with E-state index in [9.17, 15) is 4.79 Å². The second kappa shape index (κ2) is 5.93. The molecular weight excluding hydrogens is 278 g/mol. The molecule has 3 heterocycles. The van der Waals surface area contributed by atoms with Crippen LogP contribution in [0.25, 0.3) is 5.65 Å². The van der Waals surface area contributed by atoms with Gasteiger partial charge in [-0.25, -0.2) is 9.50 Å². The molecule has 6 nitrogen and oxygen atoms in total. The summed E-state index contributed by atoms with van der Waals surface area (Å²) in [5.41, 5.74) is 3.91. The van der Waals surface area contributed by atoms with E-state index in [2.05, 4.69) is 20.4 Å². The number of fused-ring (bicyclic) bond motifs is 1. The lowest BCUT2D eigenvalue weighted by Gasteiger charge is -2.08. The van der Waals surface area contributed by atoms with Crippen molar-refractivity contribution < 1.29 is 4.79 Å². The number of carbonyl (C=O) groups is 1. The third kappa shape index (κ3) is 2.81. The molecule has 0 saturated heterocycles. The molecule has 0 fully saturated rings. The molecule has 22 heavy (non-hydrogen) atoms. The largest absolute Gasteiger partial charge is 0.352 e. The van der Waals surface area contributed by atoms with Gasteiger partial charge in [0.1, 0.15) is 0 Å². The number of hydrogen-bond donors (Lipinski definition) is 1. The first-order chi connectivity index (χ1) is 10.6. The minimum absolute atomic E-state index is 0.143. The number of rotatable bonds is 4. The summed E-state index contributed by atoms with van der Waals surface area (Å²) >= 11 is 0. The lowest BCUT2D eigenvalue weighted by atomic mass is 10.2. The highest BCUT2D eigenvalue weighted by atomic mass is 16.1. The van der Waals surface area contributed by atoms with Crippen LogP contribution in [-0.4, -0.2) is 32.0 Å². The van der Waals surface area contributed by atoms with E-state index < -0.39 is 0 Å². The highest BCUT2D eigenvalue weighted by Gasteiger charge is 2.13. The van der Waals surface area contributed by atoms with E-state index in [1.165, 1.54) is 0 Å². The summed E-state index contributed by atoms with van der Waals surface area (Å²) in [6.45, 7) is 4.31. The van der Waals surface area contributed by atoms with Gasteiger partial charge in [0.2, 0.25) is 0 Å². The van der Waals surface area contributed by atoms with E-state index in [1.54, 1.807) is 16.9 Å². The van der Waals surface area contributed by atoms with Crippen LogP contribution >= 0.6 is 0 Å². The zero-order valence-corrected chi connectivity index (χ0v) is 12.6. The Labute approximate surface area is 128 Å². The first-order valence-corrected chi connectivity index (χ1v) is 7.15. The van der Waals surface area contributed by atoms with Gasteiger partial charge in [0, 0.05) is 37.1 Å². The van der Waals surface area contributed by atoms with Crippen molar-refractivity contribution in [1.82, 2.24) is 24.9 Å². The van der Waals surface area contributed by atoms with E-state index in [0.717, 1.165) is 22.7 Å². The van der Waals surface area contributed by atoms with E-state index in [-0.39, 0.29) is 5.91 Å². The molecule has 0 aromatic carbocycles. The van der Waals surface area contributed by atoms with Crippen LogP contribution in [0.5, 0.6) is 0 Å². The highest BCUT2D eigenvalue weighted by Crippen LogP contribution is 2.10. The number of pyridine rings is 1. The van der Waals surface area contributed by atoms with Gasteiger partial charge in [-0.3, -0.25) is 9.78 Å². The van der Waals surface area contributed by atoms with Crippen molar-refractivity contribution in [2.24, 2.45) is 0 Å². The van der Waals surface area contributed by atoms with E-state index in [4.69, 9.17) is 0 Å². The second-order valence-electron chi connectivity index (χ2n) is 5.14. The van der Waals surface area contributed by atoms with Crippen molar-refractivity contribution in [2.45, 2.75) is 20.3 Å². The number of aromatic nitrogens is 4. The van der Waals surface area contributed by atoms with Gasteiger partial charge in [0.05, 0.1) is 17.0 Å². The molecule has 6 heteroatoms. The SMILES string of the molecule is Cc1cc2ncc(C(=O)NCCc3ccccn3)c(C)n2n1. The minimum atomic E-state index is -0.143. The molecule has 112 valence electrons. The van der Waals surface area contributed by atoms with Gasteiger partial charge in [-0.2, -0.15) is 5.10 Å². The Morgan fingerprint density at radius 2 is 2.14 bits per heavy atom. The Morgan fingerprint density at radius 3 is 2.91 bits per heavy atom. The summed E-state index contributed by atoms with van der Waals surface area (Å²) in [6.07, 6.45) is 4.04. The van der Waals surface area contributed by atoms with E-state index in [0.29, 0.717) is 18.5 Å². The highest BCUT2D eigenvalue weighted by molar-refractivity contribution is 5.95. The fraction of sp³-hybridized carbons (Fsp3) is 0.250. The monoisotopic (exact) mass is 295 g/mol. The zero-order valence-electron chi connectivity index (χ0n) is 12.6. The average Bonchev–Trinajstić information content (AvgIpc) is 2.90. The van der Waals surface area contributed by atoms with E-state index in [1.807, 2.05) is 38.1 Å². The summed E-state index contributed by atoms with van der Waals surface area (Å²) in [6, 6.07) is 7.64. The Morgan fingerprint density at radius 1 is 1.27 bits per heavy atom. The molecule has 0 atom stereocenters. The smallest absolute Gasteiger partial charge is 0.254 e. The maximum atomic E-state index is 12.3. The number of aryl methyl sites for hydroxylation is 2. The molecule has 0 bridgehead atoms. The van der Waals surface area contributed by atoms with Gasteiger partial charge in [-0.1, -0.05) is 6.07 Å². The van der Waals surface area contributed by atoms with Crippen molar-refractivity contribution in [2.75, 3.05) is 6.54 Å². The molecule has 0 aliphatic heterocycles. The van der Waals surface area contributed by atoms with Gasteiger partial charge in [-0.05, 0) is 26.0 Å². The van der Waals surface area contributed by atoms with Crippen LogP contribution in [-0.2, 0) is 6.42 Å². The van der Waals surface area contributed by atoms with Crippen molar-refractivity contribution in [3.05, 3.63) is 59.3 Å².